The Morgan fingerprint density at radius 2 is 1.78 bits per heavy atom. The monoisotopic (exact) mass is 277 g/mol. The Labute approximate surface area is 103 Å². The van der Waals surface area contributed by atoms with Gasteiger partial charge in [0.05, 0.1) is 17.6 Å². The molecule has 0 saturated carbocycles. The van der Waals surface area contributed by atoms with Crippen molar-refractivity contribution in [1.82, 2.24) is 0 Å². The van der Waals surface area contributed by atoms with Crippen molar-refractivity contribution in [2.45, 2.75) is 11.9 Å². The summed E-state index contributed by atoms with van der Waals surface area (Å²) < 4.78 is 60.0. The fraction of sp³-hybridized carbons (Fsp3) is 0.364. The molecule has 18 heavy (non-hydrogen) atoms. The Bertz CT molecular complexity index is 532. The van der Waals surface area contributed by atoms with E-state index in [2.05, 4.69) is 0 Å². The second kappa shape index (κ2) is 5.40. The highest BCUT2D eigenvalue weighted by atomic mass is 32.2. The van der Waals surface area contributed by atoms with Gasteiger partial charge >= 0.3 is 6.18 Å². The van der Waals surface area contributed by atoms with Gasteiger partial charge in [-0.2, -0.15) is 18.4 Å². The smallest absolute Gasteiger partial charge is 0.228 e. The zero-order chi connectivity index (χ0) is 13.8. The van der Waals surface area contributed by atoms with Crippen LogP contribution in [-0.2, 0) is 15.6 Å². The van der Waals surface area contributed by atoms with Crippen molar-refractivity contribution in [3.63, 3.8) is 0 Å². The van der Waals surface area contributed by atoms with E-state index in [9.17, 15) is 21.6 Å². The average molecular weight is 277 g/mol. The van der Waals surface area contributed by atoms with E-state index in [0.29, 0.717) is 5.56 Å². The number of hydrogen-bond acceptors (Lipinski definition) is 3. The third-order valence-electron chi connectivity index (χ3n) is 2.20. The first-order valence-corrected chi connectivity index (χ1v) is 6.77. The molecule has 98 valence electrons. The van der Waals surface area contributed by atoms with Crippen molar-refractivity contribution in [3.8, 4) is 6.07 Å². The molecule has 1 atom stereocenters. The fourth-order valence-electron chi connectivity index (χ4n) is 1.35. The lowest BCUT2D eigenvalue weighted by Crippen LogP contribution is -2.29. The van der Waals surface area contributed by atoms with E-state index >= 15 is 0 Å². The molecule has 1 rings (SSSR count). The van der Waals surface area contributed by atoms with Gasteiger partial charge < -0.3 is 0 Å². The summed E-state index contributed by atoms with van der Waals surface area (Å²) in [5.41, 5.74) is 0.399. The first kappa shape index (κ1) is 14.5. The number of nitrogens with zero attached hydrogens (tertiary/aromatic N) is 1. The van der Waals surface area contributed by atoms with Crippen LogP contribution < -0.4 is 0 Å². The van der Waals surface area contributed by atoms with Crippen LogP contribution in [0.2, 0.25) is 0 Å². The molecule has 0 aliphatic heterocycles. The zero-order valence-electron chi connectivity index (χ0n) is 9.18. The van der Waals surface area contributed by atoms with Crippen LogP contribution >= 0.6 is 0 Å². The van der Waals surface area contributed by atoms with E-state index in [-0.39, 0.29) is 0 Å². The fourth-order valence-corrected chi connectivity index (χ4v) is 2.94. The number of sulfone groups is 1. The molecule has 0 spiro atoms. The van der Waals surface area contributed by atoms with Gasteiger partial charge in [0.15, 0.2) is 15.8 Å². The molecule has 1 aromatic carbocycles. The lowest BCUT2D eigenvalue weighted by Gasteiger charge is -2.13. The number of alkyl halides is 3. The first-order valence-electron chi connectivity index (χ1n) is 4.95. The van der Waals surface area contributed by atoms with Crippen LogP contribution in [0.5, 0.6) is 0 Å². The summed E-state index contributed by atoms with van der Waals surface area (Å²) in [6.45, 7) is 0. The number of halogens is 3. The average Bonchev–Trinajstić information content (AvgIpc) is 2.25. The molecule has 1 unspecified atom stereocenters. The molecule has 3 nitrogen and oxygen atoms in total. The van der Waals surface area contributed by atoms with E-state index in [4.69, 9.17) is 5.26 Å². The molecule has 7 heteroatoms. The number of rotatable bonds is 4. The standard InChI is InChI=1S/C11H10F3NO2S/c12-11(13,14)10(6-15)8-18(16,17)7-9-4-2-1-3-5-9/h1-5,10H,7-8H2. The van der Waals surface area contributed by atoms with Crippen LogP contribution in [0, 0.1) is 17.2 Å². The van der Waals surface area contributed by atoms with Gasteiger partial charge in [-0.05, 0) is 5.56 Å². The predicted molar refractivity (Wildman–Crippen MR) is 59.1 cm³/mol. The van der Waals surface area contributed by atoms with E-state index < -0.39 is 33.4 Å². The maximum absolute atomic E-state index is 12.3. The normalized spacial score (nSPS) is 13.9. The van der Waals surface area contributed by atoms with E-state index in [1.807, 2.05) is 0 Å². The largest absolute Gasteiger partial charge is 0.405 e. The summed E-state index contributed by atoms with van der Waals surface area (Å²) in [4.78, 5) is 0. The van der Waals surface area contributed by atoms with Crippen LogP contribution in [-0.4, -0.2) is 20.3 Å². The molecule has 0 aromatic heterocycles. The number of benzene rings is 1. The summed E-state index contributed by atoms with van der Waals surface area (Å²) in [6, 6.07) is 8.85. The van der Waals surface area contributed by atoms with Crippen molar-refractivity contribution in [1.29, 1.82) is 5.26 Å². The van der Waals surface area contributed by atoms with Gasteiger partial charge in [-0.3, -0.25) is 0 Å². The van der Waals surface area contributed by atoms with Gasteiger partial charge in [0.1, 0.15) is 0 Å². The van der Waals surface area contributed by atoms with Crippen LogP contribution in [0.25, 0.3) is 0 Å². The zero-order valence-corrected chi connectivity index (χ0v) is 10.0. The van der Waals surface area contributed by atoms with Gasteiger partial charge in [0, 0.05) is 0 Å². The van der Waals surface area contributed by atoms with Crippen molar-refractivity contribution in [2.75, 3.05) is 5.75 Å². The van der Waals surface area contributed by atoms with E-state index in [1.165, 1.54) is 12.1 Å². The minimum atomic E-state index is -4.82. The molecule has 0 N–H and O–H groups in total. The van der Waals surface area contributed by atoms with E-state index in [1.54, 1.807) is 18.2 Å². The molecular weight excluding hydrogens is 267 g/mol. The van der Waals surface area contributed by atoms with Crippen molar-refractivity contribution >= 4 is 9.84 Å². The van der Waals surface area contributed by atoms with Crippen LogP contribution in [0.1, 0.15) is 5.56 Å². The Kier molecular flexibility index (Phi) is 4.35. The first-order chi connectivity index (χ1) is 8.24. The molecular formula is C11H10F3NO2S. The second-order valence-electron chi connectivity index (χ2n) is 3.76. The van der Waals surface area contributed by atoms with Gasteiger partial charge in [-0.1, -0.05) is 30.3 Å². The van der Waals surface area contributed by atoms with Gasteiger partial charge in [0.25, 0.3) is 0 Å². The topological polar surface area (TPSA) is 57.9 Å². The summed E-state index contributed by atoms with van der Waals surface area (Å²) in [5.74, 6) is -4.18. The minimum absolute atomic E-state index is 0.399. The molecule has 1 aromatic rings. The lowest BCUT2D eigenvalue weighted by atomic mass is 10.2. The minimum Gasteiger partial charge on any atom is -0.228 e. The summed E-state index contributed by atoms with van der Waals surface area (Å²) in [5, 5.41) is 8.36. The van der Waals surface area contributed by atoms with Gasteiger partial charge in [0.2, 0.25) is 0 Å². The second-order valence-corrected chi connectivity index (χ2v) is 5.87. The van der Waals surface area contributed by atoms with Crippen molar-refractivity contribution < 1.29 is 21.6 Å². The Hall–Kier alpha value is -1.55. The Morgan fingerprint density at radius 1 is 1.22 bits per heavy atom. The van der Waals surface area contributed by atoms with Crippen LogP contribution in [0.15, 0.2) is 30.3 Å². The molecule has 0 fully saturated rings. The third-order valence-corrected chi connectivity index (χ3v) is 3.82. The van der Waals surface area contributed by atoms with E-state index in [0.717, 1.165) is 6.07 Å². The third kappa shape index (κ3) is 4.37. The maximum Gasteiger partial charge on any atom is 0.405 e. The molecule has 0 aliphatic rings. The highest BCUT2D eigenvalue weighted by molar-refractivity contribution is 7.90. The molecule has 0 bridgehead atoms. The highest BCUT2D eigenvalue weighted by Gasteiger charge is 2.42. The highest BCUT2D eigenvalue weighted by Crippen LogP contribution is 2.27. The SMILES string of the molecule is N#CC(CS(=O)(=O)Cc1ccccc1)C(F)(F)F. The van der Waals surface area contributed by atoms with Gasteiger partial charge in [-0.25, -0.2) is 8.42 Å². The molecule has 0 radical (unpaired) electrons. The quantitative estimate of drug-likeness (QED) is 0.848. The van der Waals surface area contributed by atoms with Crippen LogP contribution in [0.4, 0.5) is 13.2 Å². The molecule has 0 heterocycles. The van der Waals surface area contributed by atoms with Gasteiger partial charge in [-0.15, -0.1) is 0 Å². The number of hydrogen-bond donors (Lipinski definition) is 0. The Balaban J connectivity index is 2.81. The molecule has 0 aliphatic carbocycles. The summed E-state index contributed by atoms with van der Waals surface area (Å²) in [7, 11) is -3.97. The van der Waals surface area contributed by atoms with Crippen molar-refractivity contribution in [2.24, 2.45) is 5.92 Å². The summed E-state index contributed by atoms with van der Waals surface area (Å²) in [6.07, 6.45) is -4.82. The summed E-state index contributed by atoms with van der Waals surface area (Å²) >= 11 is 0. The predicted octanol–water partition coefficient (Wildman–Crippen LogP) is 2.30. The Morgan fingerprint density at radius 3 is 2.22 bits per heavy atom. The maximum atomic E-state index is 12.3. The molecule has 0 amide bonds. The number of nitriles is 1. The molecule has 0 saturated heterocycles. The van der Waals surface area contributed by atoms with Crippen molar-refractivity contribution in [3.05, 3.63) is 35.9 Å². The van der Waals surface area contributed by atoms with Crippen LogP contribution in [0.3, 0.4) is 0 Å². The lowest BCUT2D eigenvalue weighted by molar-refractivity contribution is -0.153.